The van der Waals surface area contributed by atoms with Gasteiger partial charge in [0.25, 0.3) is 6.17 Å². The maximum Gasteiger partial charge on any atom is 0.349 e. The molecule has 0 saturated heterocycles. The Bertz CT molecular complexity index is 527. The van der Waals surface area contributed by atoms with Crippen LogP contribution in [-0.4, -0.2) is 37.2 Å². The zero-order chi connectivity index (χ0) is 16.7. The van der Waals surface area contributed by atoms with Crippen molar-refractivity contribution in [2.24, 2.45) is 0 Å². The number of Topliss-reactive ketones (excluding diaryl/α,β-unsaturated/α-hetero) is 1. The molecule has 0 fully saturated rings. The van der Waals surface area contributed by atoms with Crippen molar-refractivity contribution < 1.29 is 28.2 Å². The number of esters is 1. The monoisotopic (exact) mass is 312 g/mol. The molecule has 0 saturated carbocycles. The van der Waals surface area contributed by atoms with Crippen molar-refractivity contribution in [3.05, 3.63) is 23.8 Å². The number of carbonyl (C=O) groups is 2. The fourth-order valence-electron chi connectivity index (χ4n) is 1.81. The van der Waals surface area contributed by atoms with E-state index in [-0.39, 0.29) is 17.9 Å². The van der Waals surface area contributed by atoms with Crippen LogP contribution in [0.1, 0.15) is 38.1 Å². The van der Waals surface area contributed by atoms with Gasteiger partial charge in [-0.3, -0.25) is 4.79 Å². The first-order valence-corrected chi connectivity index (χ1v) is 7.19. The van der Waals surface area contributed by atoms with Crippen LogP contribution in [0, 0.1) is 0 Å². The van der Waals surface area contributed by atoms with Crippen LogP contribution in [0.15, 0.2) is 18.2 Å². The van der Waals surface area contributed by atoms with Gasteiger partial charge in [-0.05, 0) is 39.8 Å². The van der Waals surface area contributed by atoms with E-state index in [1.165, 1.54) is 6.07 Å². The number of carbonyl (C=O) groups excluding carboxylic acids is 2. The highest BCUT2D eigenvalue weighted by molar-refractivity contribution is 6.12. The summed E-state index contributed by atoms with van der Waals surface area (Å²) in [6.45, 7) is 7.32. The van der Waals surface area contributed by atoms with E-state index in [2.05, 4.69) is 0 Å². The number of hydrogen-bond acceptors (Lipinski definition) is 5. The Hall–Kier alpha value is -2.11. The number of rotatable bonds is 8. The normalized spacial score (nSPS) is 11.9. The van der Waals surface area contributed by atoms with Gasteiger partial charge in [-0.1, -0.05) is 6.07 Å². The van der Waals surface area contributed by atoms with Crippen LogP contribution >= 0.6 is 0 Å². The first-order chi connectivity index (χ1) is 10.4. The molecule has 1 aromatic rings. The van der Waals surface area contributed by atoms with Gasteiger partial charge in [-0.15, -0.1) is 0 Å². The summed E-state index contributed by atoms with van der Waals surface area (Å²) in [5, 5.41) is 0. The van der Waals surface area contributed by atoms with Gasteiger partial charge in [0.15, 0.2) is 11.5 Å². The van der Waals surface area contributed by atoms with Crippen LogP contribution in [0.3, 0.4) is 0 Å². The third-order valence-electron chi connectivity index (χ3n) is 2.62. The van der Waals surface area contributed by atoms with Crippen molar-refractivity contribution in [3.8, 4) is 11.5 Å². The van der Waals surface area contributed by atoms with Crippen molar-refractivity contribution in [1.82, 2.24) is 0 Å². The molecular weight excluding hydrogens is 291 g/mol. The van der Waals surface area contributed by atoms with Gasteiger partial charge in [0, 0.05) is 0 Å². The lowest BCUT2D eigenvalue weighted by atomic mass is 10.1. The third kappa shape index (κ3) is 4.44. The Morgan fingerprint density at radius 1 is 1.14 bits per heavy atom. The fourth-order valence-corrected chi connectivity index (χ4v) is 1.81. The molecule has 22 heavy (non-hydrogen) atoms. The quantitative estimate of drug-likeness (QED) is 0.419. The number of benzene rings is 1. The van der Waals surface area contributed by atoms with E-state index in [4.69, 9.17) is 14.2 Å². The van der Waals surface area contributed by atoms with E-state index in [9.17, 15) is 14.0 Å². The molecule has 0 bridgehead atoms. The molecule has 122 valence electrons. The summed E-state index contributed by atoms with van der Waals surface area (Å²) in [5.41, 5.74) is -0.0407. The zero-order valence-electron chi connectivity index (χ0n) is 13.2. The van der Waals surface area contributed by atoms with E-state index in [0.717, 1.165) is 0 Å². The molecule has 1 unspecified atom stereocenters. The molecule has 0 aliphatic heterocycles. The third-order valence-corrected chi connectivity index (χ3v) is 2.62. The van der Waals surface area contributed by atoms with Crippen molar-refractivity contribution in [2.45, 2.75) is 40.0 Å². The number of ketones is 1. The minimum Gasteiger partial charge on any atom is -0.490 e. The van der Waals surface area contributed by atoms with Gasteiger partial charge >= 0.3 is 5.97 Å². The van der Waals surface area contributed by atoms with E-state index in [1.807, 2.05) is 0 Å². The number of ether oxygens (including phenoxy) is 3. The summed E-state index contributed by atoms with van der Waals surface area (Å²) in [4.78, 5) is 23.8. The second-order valence-electron chi connectivity index (χ2n) is 4.71. The molecule has 0 heterocycles. The number of para-hydroxylation sites is 1. The second kappa shape index (κ2) is 8.36. The van der Waals surface area contributed by atoms with E-state index >= 15 is 0 Å². The highest BCUT2D eigenvalue weighted by atomic mass is 19.1. The van der Waals surface area contributed by atoms with Crippen molar-refractivity contribution in [3.63, 3.8) is 0 Å². The average Bonchev–Trinajstić information content (AvgIpc) is 2.47. The number of halogens is 1. The molecule has 0 spiro atoms. The molecule has 1 rings (SSSR count). The average molecular weight is 312 g/mol. The van der Waals surface area contributed by atoms with Gasteiger partial charge < -0.3 is 14.2 Å². The SMILES string of the molecule is CCOc1cccc(C(=O)C(F)C(=O)OC(C)C)c1OCC. The van der Waals surface area contributed by atoms with E-state index < -0.39 is 24.0 Å². The largest absolute Gasteiger partial charge is 0.490 e. The molecule has 0 aliphatic rings. The topological polar surface area (TPSA) is 61.8 Å². The second-order valence-corrected chi connectivity index (χ2v) is 4.71. The van der Waals surface area contributed by atoms with Crippen LogP contribution in [0.4, 0.5) is 4.39 Å². The van der Waals surface area contributed by atoms with Gasteiger partial charge in [-0.2, -0.15) is 0 Å². The zero-order valence-corrected chi connectivity index (χ0v) is 13.2. The van der Waals surface area contributed by atoms with Crippen LogP contribution in [0.5, 0.6) is 11.5 Å². The Morgan fingerprint density at radius 2 is 1.77 bits per heavy atom. The summed E-state index contributed by atoms with van der Waals surface area (Å²) in [7, 11) is 0. The molecule has 1 aromatic carbocycles. The summed E-state index contributed by atoms with van der Waals surface area (Å²) >= 11 is 0. The summed E-state index contributed by atoms with van der Waals surface area (Å²) in [5.74, 6) is -1.74. The van der Waals surface area contributed by atoms with E-state index in [0.29, 0.717) is 12.4 Å². The van der Waals surface area contributed by atoms with E-state index in [1.54, 1.807) is 39.8 Å². The van der Waals surface area contributed by atoms with Crippen molar-refractivity contribution in [1.29, 1.82) is 0 Å². The lowest BCUT2D eigenvalue weighted by molar-refractivity contribution is -0.151. The molecular formula is C16H21FO5. The predicted octanol–water partition coefficient (Wildman–Crippen LogP) is 2.96. The maximum absolute atomic E-state index is 14.1. The molecule has 1 atom stereocenters. The molecule has 0 aliphatic carbocycles. The first-order valence-electron chi connectivity index (χ1n) is 7.19. The molecule has 0 N–H and O–H groups in total. The first kappa shape index (κ1) is 17.9. The van der Waals surface area contributed by atoms with Gasteiger partial charge in [0.05, 0.1) is 24.9 Å². The molecule has 6 heteroatoms. The minimum atomic E-state index is -2.39. The van der Waals surface area contributed by atoms with Crippen molar-refractivity contribution in [2.75, 3.05) is 13.2 Å². The highest BCUT2D eigenvalue weighted by Crippen LogP contribution is 2.32. The Kier molecular flexibility index (Phi) is 6.82. The smallest absolute Gasteiger partial charge is 0.349 e. The summed E-state index contributed by atoms with van der Waals surface area (Å²) < 4.78 is 29.5. The minimum absolute atomic E-state index is 0.0407. The van der Waals surface area contributed by atoms with Crippen LogP contribution < -0.4 is 9.47 Å². The Balaban J connectivity index is 3.10. The highest BCUT2D eigenvalue weighted by Gasteiger charge is 2.32. The summed E-state index contributed by atoms with van der Waals surface area (Å²) in [6.07, 6.45) is -2.89. The number of alkyl halides is 1. The standard InChI is InChI=1S/C16H21FO5/c1-5-20-12-9-7-8-11(15(12)21-6-2)14(18)13(17)16(19)22-10(3)4/h7-10,13H,5-6H2,1-4H3. The molecule has 0 radical (unpaired) electrons. The van der Waals surface area contributed by atoms with Crippen LogP contribution in [-0.2, 0) is 9.53 Å². The van der Waals surface area contributed by atoms with Gasteiger partial charge in [0.2, 0.25) is 5.78 Å². The van der Waals surface area contributed by atoms with Crippen LogP contribution in [0.2, 0.25) is 0 Å². The molecule has 5 nitrogen and oxygen atoms in total. The lowest BCUT2D eigenvalue weighted by Gasteiger charge is -2.16. The lowest BCUT2D eigenvalue weighted by Crippen LogP contribution is -2.30. The Morgan fingerprint density at radius 3 is 2.32 bits per heavy atom. The Labute approximate surface area is 129 Å². The van der Waals surface area contributed by atoms with Crippen LogP contribution in [0.25, 0.3) is 0 Å². The maximum atomic E-state index is 14.1. The number of hydrogen-bond donors (Lipinski definition) is 0. The molecule has 0 amide bonds. The summed E-state index contributed by atoms with van der Waals surface area (Å²) in [6, 6.07) is 4.55. The molecule has 0 aromatic heterocycles. The van der Waals surface area contributed by atoms with Crippen molar-refractivity contribution >= 4 is 11.8 Å². The van der Waals surface area contributed by atoms with Gasteiger partial charge in [0.1, 0.15) is 0 Å². The van der Waals surface area contributed by atoms with Gasteiger partial charge in [-0.25, -0.2) is 9.18 Å². The predicted molar refractivity (Wildman–Crippen MR) is 79.2 cm³/mol. The fraction of sp³-hybridized carbons (Fsp3) is 0.500.